The van der Waals surface area contributed by atoms with Gasteiger partial charge in [-0.25, -0.2) is 4.98 Å². The number of methoxy groups -OCH3 is 1. The largest absolute Gasteiger partial charge is 0.494 e. The third-order valence-corrected chi connectivity index (χ3v) is 3.32. The zero-order valence-corrected chi connectivity index (χ0v) is 12.1. The van der Waals surface area contributed by atoms with Crippen molar-refractivity contribution in [3.8, 4) is 11.8 Å². The van der Waals surface area contributed by atoms with Gasteiger partial charge >= 0.3 is 6.01 Å². The molecule has 0 N–H and O–H groups in total. The van der Waals surface area contributed by atoms with Crippen LogP contribution in [-0.2, 0) is 0 Å². The van der Waals surface area contributed by atoms with E-state index in [0.717, 1.165) is 31.0 Å². The van der Waals surface area contributed by atoms with Crippen molar-refractivity contribution in [2.45, 2.75) is 19.4 Å². The minimum Gasteiger partial charge on any atom is -0.494 e. The second-order valence-corrected chi connectivity index (χ2v) is 4.90. The Hall–Kier alpha value is -2.44. The summed E-state index contributed by atoms with van der Waals surface area (Å²) < 4.78 is 10.8. The molecule has 1 aliphatic heterocycles. The highest BCUT2D eigenvalue weighted by Gasteiger charge is 2.26. The lowest BCUT2D eigenvalue weighted by Gasteiger charge is -2.17. The third-order valence-electron chi connectivity index (χ3n) is 3.32. The van der Waals surface area contributed by atoms with Crippen molar-refractivity contribution in [2.24, 2.45) is 0 Å². The Bertz CT molecular complexity index is 605. The van der Waals surface area contributed by atoms with E-state index >= 15 is 0 Å². The average Bonchev–Trinajstić information content (AvgIpc) is 2.97. The van der Waals surface area contributed by atoms with Crippen LogP contribution in [0.1, 0.15) is 12.1 Å². The summed E-state index contributed by atoms with van der Waals surface area (Å²) in [7, 11) is 1.58. The lowest BCUT2D eigenvalue weighted by atomic mass is 10.3. The van der Waals surface area contributed by atoms with Crippen molar-refractivity contribution < 1.29 is 9.47 Å². The topological polar surface area (TPSA) is 73.3 Å². The van der Waals surface area contributed by atoms with Crippen molar-refractivity contribution >= 4 is 5.82 Å². The smallest absolute Gasteiger partial charge is 0.316 e. The highest BCUT2D eigenvalue weighted by atomic mass is 16.5. The van der Waals surface area contributed by atoms with Gasteiger partial charge < -0.3 is 14.4 Å². The Morgan fingerprint density at radius 1 is 1.19 bits per heavy atom. The molecule has 21 heavy (non-hydrogen) atoms. The molecule has 1 unspecified atom stereocenters. The molecule has 2 aromatic rings. The number of aryl methyl sites for hydroxylation is 1. The summed E-state index contributed by atoms with van der Waals surface area (Å²) in [6.45, 7) is 3.58. The van der Waals surface area contributed by atoms with Gasteiger partial charge in [0.1, 0.15) is 11.9 Å². The number of aromatic nitrogens is 4. The van der Waals surface area contributed by atoms with Crippen molar-refractivity contribution in [1.82, 2.24) is 19.9 Å². The van der Waals surface area contributed by atoms with E-state index in [0.29, 0.717) is 11.8 Å². The standard InChI is InChI=1S/C14H17N5O2/c1-10-5-15-8-13(18-10)19-4-3-11(9-19)21-14-16-6-12(20-2)7-17-14/h5-8,11H,3-4,9H2,1-2H3. The first kappa shape index (κ1) is 13.5. The second-order valence-electron chi connectivity index (χ2n) is 4.90. The average molecular weight is 287 g/mol. The van der Waals surface area contributed by atoms with Crippen LogP contribution >= 0.6 is 0 Å². The van der Waals surface area contributed by atoms with E-state index in [9.17, 15) is 0 Å². The Morgan fingerprint density at radius 2 is 2.00 bits per heavy atom. The minimum absolute atomic E-state index is 0.0562. The molecule has 0 aliphatic carbocycles. The molecule has 110 valence electrons. The quantitative estimate of drug-likeness (QED) is 0.837. The zero-order valence-electron chi connectivity index (χ0n) is 12.1. The number of nitrogens with zero attached hydrogens (tertiary/aromatic N) is 5. The molecule has 0 saturated carbocycles. The van der Waals surface area contributed by atoms with Crippen LogP contribution in [0.5, 0.6) is 11.8 Å². The van der Waals surface area contributed by atoms with Crippen LogP contribution in [0.25, 0.3) is 0 Å². The summed E-state index contributed by atoms with van der Waals surface area (Å²) in [4.78, 5) is 19.1. The zero-order chi connectivity index (χ0) is 14.7. The number of ether oxygens (including phenoxy) is 2. The summed E-state index contributed by atoms with van der Waals surface area (Å²) in [5, 5.41) is 0. The minimum atomic E-state index is 0.0562. The van der Waals surface area contributed by atoms with Crippen molar-refractivity contribution in [2.75, 3.05) is 25.1 Å². The lowest BCUT2D eigenvalue weighted by molar-refractivity contribution is 0.205. The van der Waals surface area contributed by atoms with Crippen molar-refractivity contribution in [3.05, 3.63) is 30.5 Å². The van der Waals surface area contributed by atoms with Crippen LogP contribution in [0.2, 0.25) is 0 Å². The summed E-state index contributed by atoms with van der Waals surface area (Å²) in [6, 6.07) is 0.373. The molecule has 7 heteroatoms. The first-order valence-electron chi connectivity index (χ1n) is 6.81. The fraction of sp³-hybridized carbons (Fsp3) is 0.429. The molecule has 3 heterocycles. The number of hydrogen-bond donors (Lipinski definition) is 0. The molecular weight excluding hydrogens is 270 g/mol. The van der Waals surface area contributed by atoms with E-state index in [1.165, 1.54) is 0 Å². The van der Waals surface area contributed by atoms with Crippen molar-refractivity contribution in [1.29, 1.82) is 0 Å². The molecule has 1 aliphatic rings. The van der Waals surface area contributed by atoms with Gasteiger partial charge in [0.15, 0.2) is 5.75 Å². The van der Waals surface area contributed by atoms with Crippen LogP contribution in [0.3, 0.4) is 0 Å². The van der Waals surface area contributed by atoms with Crippen molar-refractivity contribution in [3.63, 3.8) is 0 Å². The monoisotopic (exact) mass is 287 g/mol. The maximum atomic E-state index is 5.79. The molecule has 1 fully saturated rings. The second kappa shape index (κ2) is 5.90. The number of rotatable bonds is 4. The Labute approximate surface area is 123 Å². The molecule has 0 amide bonds. The highest BCUT2D eigenvalue weighted by molar-refractivity contribution is 5.38. The lowest BCUT2D eigenvalue weighted by Crippen LogP contribution is -2.25. The van der Waals surface area contributed by atoms with E-state index in [-0.39, 0.29) is 6.10 Å². The maximum Gasteiger partial charge on any atom is 0.316 e. The number of hydrogen-bond acceptors (Lipinski definition) is 7. The summed E-state index contributed by atoms with van der Waals surface area (Å²) in [5.74, 6) is 1.50. The van der Waals surface area contributed by atoms with E-state index < -0.39 is 0 Å². The van der Waals surface area contributed by atoms with E-state index in [1.54, 1.807) is 31.9 Å². The maximum absolute atomic E-state index is 5.79. The van der Waals surface area contributed by atoms with Gasteiger partial charge in [0.05, 0.1) is 37.9 Å². The first-order chi connectivity index (χ1) is 10.2. The molecule has 7 nitrogen and oxygen atoms in total. The van der Waals surface area contributed by atoms with Gasteiger partial charge in [-0.15, -0.1) is 0 Å². The van der Waals surface area contributed by atoms with Gasteiger partial charge in [-0.3, -0.25) is 4.98 Å². The summed E-state index contributed by atoms with van der Waals surface area (Å²) in [6.07, 6.45) is 7.69. The molecule has 0 radical (unpaired) electrons. The van der Waals surface area contributed by atoms with Crippen LogP contribution in [0.4, 0.5) is 5.82 Å². The van der Waals surface area contributed by atoms with Crippen LogP contribution in [-0.4, -0.2) is 46.2 Å². The van der Waals surface area contributed by atoms with Crippen LogP contribution in [0.15, 0.2) is 24.8 Å². The molecule has 0 aromatic carbocycles. The third kappa shape index (κ3) is 3.18. The molecule has 3 rings (SSSR count). The van der Waals surface area contributed by atoms with Gasteiger partial charge in [0, 0.05) is 19.2 Å². The van der Waals surface area contributed by atoms with Crippen LogP contribution in [0, 0.1) is 6.92 Å². The molecule has 1 saturated heterocycles. The Balaban J connectivity index is 1.61. The number of anilines is 1. The summed E-state index contributed by atoms with van der Waals surface area (Å²) in [5.41, 5.74) is 0.912. The highest BCUT2D eigenvalue weighted by Crippen LogP contribution is 2.20. The SMILES string of the molecule is COc1cnc(OC2CCN(c3cncc(C)n3)C2)nc1. The van der Waals surface area contributed by atoms with E-state index in [4.69, 9.17) is 9.47 Å². The normalized spacial score (nSPS) is 17.8. The van der Waals surface area contributed by atoms with Gasteiger partial charge in [0.2, 0.25) is 0 Å². The van der Waals surface area contributed by atoms with Gasteiger partial charge in [-0.05, 0) is 6.92 Å². The Kier molecular flexibility index (Phi) is 3.81. The fourth-order valence-electron chi connectivity index (χ4n) is 2.25. The molecule has 2 aromatic heterocycles. The predicted molar refractivity (Wildman–Crippen MR) is 76.6 cm³/mol. The molecule has 0 bridgehead atoms. The van der Waals surface area contributed by atoms with Gasteiger partial charge in [-0.1, -0.05) is 0 Å². The molecule has 0 spiro atoms. The first-order valence-corrected chi connectivity index (χ1v) is 6.81. The Morgan fingerprint density at radius 3 is 2.71 bits per heavy atom. The van der Waals surface area contributed by atoms with E-state index in [2.05, 4.69) is 24.8 Å². The molecule has 1 atom stereocenters. The van der Waals surface area contributed by atoms with Crippen LogP contribution < -0.4 is 14.4 Å². The van der Waals surface area contributed by atoms with Gasteiger partial charge in [-0.2, -0.15) is 9.97 Å². The molecular formula is C14H17N5O2. The fourth-order valence-corrected chi connectivity index (χ4v) is 2.25. The predicted octanol–water partition coefficient (Wildman–Crippen LogP) is 1.24. The van der Waals surface area contributed by atoms with E-state index in [1.807, 2.05) is 6.92 Å². The summed E-state index contributed by atoms with van der Waals surface area (Å²) >= 11 is 0. The van der Waals surface area contributed by atoms with Gasteiger partial charge in [0.25, 0.3) is 0 Å².